The normalized spacial score (nSPS) is 25.0. The number of piperidine rings is 1. The number of para-hydroxylation sites is 1. The van der Waals surface area contributed by atoms with E-state index in [1.165, 1.54) is 10.9 Å². The second-order valence-electron chi connectivity index (χ2n) is 6.49. The Morgan fingerprint density at radius 1 is 1.23 bits per heavy atom. The fourth-order valence-corrected chi connectivity index (χ4v) is 3.99. The maximum absolute atomic E-state index is 12.3. The van der Waals surface area contributed by atoms with Crippen molar-refractivity contribution in [1.82, 2.24) is 9.88 Å². The van der Waals surface area contributed by atoms with Gasteiger partial charge in [0.15, 0.2) is 0 Å². The van der Waals surface area contributed by atoms with Crippen LogP contribution in [0.25, 0.3) is 10.9 Å². The van der Waals surface area contributed by atoms with Gasteiger partial charge >= 0.3 is 0 Å². The molecule has 1 aliphatic heterocycles. The van der Waals surface area contributed by atoms with Crippen molar-refractivity contribution >= 4 is 22.6 Å². The first-order valence-electron chi connectivity index (χ1n) is 8.09. The maximum atomic E-state index is 12.3. The lowest BCUT2D eigenvalue weighted by Crippen LogP contribution is -2.51. The third-order valence-corrected chi connectivity index (χ3v) is 5.21. The summed E-state index contributed by atoms with van der Waals surface area (Å²) in [6.07, 6.45) is 5.69. The van der Waals surface area contributed by atoms with Crippen molar-refractivity contribution in [3.63, 3.8) is 0 Å². The van der Waals surface area contributed by atoms with E-state index in [9.17, 15) is 9.59 Å². The van der Waals surface area contributed by atoms with Crippen molar-refractivity contribution in [1.29, 1.82) is 0 Å². The van der Waals surface area contributed by atoms with Crippen LogP contribution in [0.3, 0.4) is 0 Å². The fourth-order valence-electron chi connectivity index (χ4n) is 3.99. The summed E-state index contributed by atoms with van der Waals surface area (Å²) in [5.74, 6) is 0.450. The number of H-pyrrole nitrogens is 1. The molecule has 4 nitrogen and oxygen atoms in total. The Morgan fingerprint density at radius 3 is 3.00 bits per heavy atom. The van der Waals surface area contributed by atoms with Crippen LogP contribution in [0.1, 0.15) is 31.2 Å². The Hall–Kier alpha value is -2.10. The van der Waals surface area contributed by atoms with Crippen LogP contribution >= 0.6 is 0 Å². The highest BCUT2D eigenvalue weighted by atomic mass is 16.2. The number of aromatic nitrogens is 1. The standard InChI is InChI=1S/C18H20N2O2/c21-17-6-5-14-9-13(17)10-18(22)20(14)8-7-12-11-19-16-4-2-1-3-15(12)16/h1-4,11,13-14,19H,5-10H2/t13-,14+/m0/s1. The zero-order valence-electron chi connectivity index (χ0n) is 12.5. The van der Waals surface area contributed by atoms with E-state index in [4.69, 9.17) is 0 Å². The van der Waals surface area contributed by atoms with Crippen LogP contribution in [0.2, 0.25) is 0 Å². The molecule has 1 saturated carbocycles. The molecule has 114 valence electrons. The molecule has 1 aromatic heterocycles. The molecule has 4 rings (SSSR count). The van der Waals surface area contributed by atoms with Crippen LogP contribution in [0.5, 0.6) is 0 Å². The van der Waals surface area contributed by atoms with Crippen molar-refractivity contribution in [2.45, 2.75) is 38.1 Å². The van der Waals surface area contributed by atoms with Crippen LogP contribution < -0.4 is 0 Å². The molecule has 22 heavy (non-hydrogen) atoms. The number of hydrogen-bond donors (Lipinski definition) is 1. The van der Waals surface area contributed by atoms with Gasteiger partial charge in [0.1, 0.15) is 5.78 Å². The molecular formula is C18H20N2O2. The van der Waals surface area contributed by atoms with Crippen molar-refractivity contribution in [2.75, 3.05) is 6.54 Å². The molecule has 1 N–H and O–H groups in total. The molecule has 2 aromatic rings. The number of Topliss-reactive ketones (excluding diaryl/α,β-unsaturated/α-hetero) is 1. The molecule has 1 saturated heterocycles. The number of nitrogens with zero attached hydrogens (tertiary/aromatic N) is 1. The molecule has 0 spiro atoms. The van der Waals surface area contributed by atoms with Gasteiger partial charge in [0, 0.05) is 48.4 Å². The topological polar surface area (TPSA) is 53.2 Å². The summed E-state index contributed by atoms with van der Waals surface area (Å²) in [5, 5.41) is 1.24. The number of carbonyl (C=O) groups is 2. The quantitative estimate of drug-likeness (QED) is 0.946. The SMILES string of the molecule is O=C1CC[C@@H]2C[C@H]1CC(=O)N2CCc1c[nH]c2ccccc12. The lowest BCUT2D eigenvalue weighted by molar-refractivity contribution is -0.146. The third-order valence-electron chi connectivity index (χ3n) is 5.21. The zero-order chi connectivity index (χ0) is 15.1. The van der Waals surface area contributed by atoms with Crippen LogP contribution in [0.15, 0.2) is 30.5 Å². The van der Waals surface area contributed by atoms with Crippen molar-refractivity contribution in [3.05, 3.63) is 36.0 Å². The first kappa shape index (κ1) is 13.6. The minimum absolute atomic E-state index is 0.00408. The lowest BCUT2D eigenvalue weighted by Gasteiger charge is -2.42. The number of nitrogens with one attached hydrogen (secondary N) is 1. The number of hydrogen-bond acceptors (Lipinski definition) is 2. The molecule has 1 aromatic carbocycles. The van der Waals surface area contributed by atoms with Crippen molar-refractivity contribution in [3.8, 4) is 0 Å². The van der Waals surface area contributed by atoms with E-state index in [0.29, 0.717) is 18.6 Å². The van der Waals surface area contributed by atoms with Crippen LogP contribution in [0, 0.1) is 5.92 Å². The van der Waals surface area contributed by atoms with Gasteiger partial charge in [0.2, 0.25) is 5.91 Å². The molecule has 2 fully saturated rings. The van der Waals surface area contributed by atoms with Gasteiger partial charge in [-0.15, -0.1) is 0 Å². The first-order valence-corrected chi connectivity index (χ1v) is 8.09. The molecule has 1 aliphatic carbocycles. The summed E-state index contributed by atoms with van der Waals surface area (Å²) in [7, 11) is 0. The number of amides is 1. The molecule has 0 unspecified atom stereocenters. The van der Waals surface area contributed by atoms with E-state index in [2.05, 4.69) is 17.1 Å². The Kier molecular flexibility index (Phi) is 3.25. The Morgan fingerprint density at radius 2 is 2.09 bits per heavy atom. The number of rotatable bonds is 3. The van der Waals surface area contributed by atoms with Crippen LogP contribution in [-0.4, -0.2) is 34.2 Å². The van der Waals surface area contributed by atoms with E-state index in [-0.39, 0.29) is 17.9 Å². The minimum Gasteiger partial charge on any atom is -0.361 e. The van der Waals surface area contributed by atoms with E-state index < -0.39 is 0 Å². The highest BCUT2D eigenvalue weighted by Crippen LogP contribution is 2.33. The number of fused-ring (bicyclic) bond motifs is 3. The highest BCUT2D eigenvalue weighted by Gasteiger charge is 2.40. The molecule has 2 bridgehead atoms. The number of carbonyl (C=O) groups excluding carboxylic acids is 2. The van der Waals surface area contributed by atoms with Gasteiger partial charge in [-0.05, 0) is 30.9 Å². The van der Waals surface area contributed by atoms with Gasteiger partial charge in [0.05, 0.1) is 0 Å². The van der Waals surface area contributed by atoms with Crippen LogP contribution in [-0.2, 0) is 16.0 Å². The number of aromatic amines is 1. The highest BCUT2D eigenvalue weighted by molar-refractivity contribution is 5.90. The smallest absolute Gasteiger partial charge is 0.223 e. The molecule has 2 heterocycles. The molecular weight excluding hydrogens is 276 g/mol. The second kappa shape index (κ2) is 5.27. The number of benzene rings is 1. The van der Waals surface area contributed by atoms with Crippen molar-refractivity contribution < 1.29 is 9.59 Å². The van der Waals surface area contributed by atoms with Gasteiger partial charge in [-0.1, -0.05) is 18.2 Å². The monoisotopic (exact) mass is 296 g/mol. The van der Waals surface area contributed by atoms with Gasteiger partial charge in [-0.25, -0.2) is 0 Å². The summed E-state index contributed by atoms with van der Waals surface area (Å²) in [5.41, 5.74) is 2.41. The molecule has 2 atom stereocenters. The molecule has 2 aliphatic rings. The van der Waals surface area contributed by atoms with E-state index in [0.717, 1.165) is 31.3 Å². The largest absolute Gasteiger partial charge is 0.361 e. The van der Waals surface area contributed by atoms with Gasteiger partial charge in [0.25, 0.3) is 0 Å². The maximum Gasteiger partial charge on any atom is 0.223 e. The summed E-state index contributed by atoms with van der Waals surface area (Å²) < 4.78 is 0. The summed E-state index contributed by atoms with van der Waals surface area (Å²) in [6, 6.07) is 8.53. The first-order chi connectivity index (χ1) is 10.7. The average Bonchev–Trinajstić information content (AvgIpc) is 2.94. The molecule has 0 radical (unpaired) electrons. The van der Waals surface area contributed by atoms with Crippen LogP contribution in [0.4, 0.5) is 0 Å². The minimum atomic E-state index is -0.00408. The Balaban J connectivity index is 1.49. The third kappa shape index (κ3) is 2.23. The summed E-state index contributed by atoms with van der Waals surface area (Å²) in [6.45, 7) is 0.756. The Labute approximate surface area is 129 Å². The predicted octanol–water partition coefficient (Wildman–Crippen LogP) is 2.68. The van der Waals surface area contributed by atoms with E-state index in [1.54, 1.807) is 0 Å². The van der Waals surface area contributed by atoms with E-state index in [1.807, 2.05) is 23.2 Å². The van der Waals surface area contributed by atoms with Gasteiger partial charge in [-0.3, -0.25) is 9.59 Å². The lowest BCUT2D eigenvalue weighted by atomic mass is 9.78. The zero-order valence-corrected chi connectivity index (χ0v) is 12.5. The molecule has 4 heteroatoms. The summed E-state index contributed by atoms with van der Waals surface area (Å²) >= 11 is 0. The summed E-state index contributed by atoms with van der Waals surface area (Å²) in [4.78, 5) is 29.4. The average molecular weight is 296 g/mol. The fraction of sp³-hybridized carbons (Fsp3) is 0.444. The van der Waals surface area contributed by atoms with Gasteiger partial charge < -0.3 is 9.88 Å². The molecule has 1 amide bonds. The Bertz CT molecular complexity index is 734. The number of ketones is 1. The second-order valence-corrected chi connectivity index (χ2v) is 6.49. The number of likely N-dealkylation sites (tertiary alicyclic amines) is 1. The van der Waals surface area contributed by atoms with E-state index >= 15 is 0 Å². The van der Waals surface area contributed by atoms with Gasteiger partial charge in [-0.2, -0.15) is 0 Å². The van der Waals surface area contributed by atoms with Crippen molar-refractivity contribution in [2.24, 2.45) is 5.92 Å². The predicted molar refractivity (Wildman–Crippen MR) is 84.5 cm³/mol.